The van der Waals surface area contributed by atoms with Crippen molar-refractivity contribution in [3.05, 3.63) is 30.1 Å². The summed E-state index contributed by atoms with van der Waals surface area (Å²) in [6, 6.07) is 6.24. The average Bonchev–Trinajstić information content (AvgIpc) is 2.67. The van der Waals surface area contributed by atoms with E-state index in [9.17, 15) is 9.18 Å². The molecule has 2 aliphatic rings. The summed E-state index contributed by atoms with van der Waals surface area (Å²) in [6.45, 7) is 7.56. The number of hydrogen-bond donors (Lipinski definition) is 0. The fourth-order valence-corrected chi connectivity index (χ4v) is 3.13. The van der Waals surface area contributed by atoms with Gasteiger partial charge in [0.05, 0.1) is 19.8 Å². The van der Waals surface area contributed by atoms with Crippen LogP contribution in [0.15, 0.2) is 24.3 Å². The van der Waals surface area contributed by atoms with Crippen LogP contribution in [-0.2, 0) is 4.74 Å². The first-order chi connectivity index (χ1) is 12.2. The molecule has 146 valence electrons. The molecule has 0 saturated carbocycles. The topological polar surface area (TPSA) is 45.2 Å². The molecule has 0 unspecified atom stereocenters. The van der Waals surface area contributed by atoms with E-state index in [1.807, 2.05) is 9.80 Å². The summed E-state index contributed by atoms with van der Waals surface area (Å²) in [4.78, 5) is 18.6. The third-order valence-corrected chi connectivity index (χ3v) is 4.63. The van der Waals surface area contributed by atoms with E-state index in [0.29, 0.717) is 38.7 Å². The molecule has 6 nitrogen and oxygen atoms in total. The van der Waals surface area contributed by atoms with Crippen molar-refractivity contribution in [3.8, 4) is 5.75 Å². The Hall–Kier alpha value is -1.57. The molecule has 0 radical (unpaired) electrons. The molecule has 2 aliphatic heterocycles. The molecule has 1 aromatic rings. The van der Waals surface area contributed by atoms with Crippen LogP contribution in [0.3, 0.4) is 0 Å². The third-order valence-electron chi connectivity index (χ3n) is 4.63. The van der Waals surface area contributed by atoms with Crippen molar-refractivity contribution in [3.63, 3.8) is 0 Å². The number of hydrogen-bond acceptors (Lipinski definition) is 4. The number of carbonyl (C=O) groups excluding carboxylic acids is 1. The molecular formula is C18H27ClFN3O3. The summed E-state index contributed by atoms with van der Waals surface area (Å²) in [7, 11) is 0. The van der Waals surface area contributed by atoms with Gasteiger partial charge in [0, 0.05) is 45.8 Å². The second-order valence-electron chi connectivity index (χ2n) is 6.37. The summed E-state index contributed by atoms with van der Waals surface area (Å²) in [6.07, 6.45) is 0.911. The summed E-state index contributed by atoms with van der Waals surface area (Å²) >= 11 is 0. The van der Waals surface area contributed by atoms with Crippen LogP contribution in [0.2, 0.25) is 0 Å². The fraction of sp³-hybridized carbons (Fsp3) is 0.611. The minimum Gasteiger partial charge on any atom is -0.494 e. The van der Waals surface area contributed by atoms with Gasteiger partial charge in [0.1, 0.15) is 11.6 Å². The van der Waals surface area contributed by atoms with E-state index < -0.39 is 0 Å². The number of amides is 2. The summed E-state index contributed by atoms with van der Waals surface area (Å²) in [5.74, 6) is 0.444. The largest absolute Gasteiger partial charge is 0.494 e. The molecular weight excluding hydrogens is 361 g/mol. The van der Waals surface area contributed by atoms with Gasteiger partial charge in [0.25, 0.3) is 0 Å². The first kappa shape index (κ1) is 20.7. The maximum absolute atomic E-state index is 12.8. The fourth-order valence-electron chi connectivity index (χ4n) is 3.13. The van der Waals surface area contributed by atoms with Gasteiger partial charge in [0.15, 0.2) is 0 Å². The first-order valence-electron chi connectivity index (χ1n) is 8.95. The van der Waals surface area contributed by atoms with E-state index in [0.717, 1.165) is 39.1 Å². The third kappa shape index (κ3) is 6.00. The van der Waals surface area contributed by atoms with Gasteiger partial charge >= 0.3 is 6.03 Å². The van der Waals surface area contributed by atoms with Crippen molar-refractivity contribution < 1.29 is 18.7 Å². The molecule has 0 spiro atoms. The van der Waals surface area contributed by atoms with Gasteiger partial charge in [-0.3, -0.25) is 4.90 Å². The van der Waals surface area contributed by atoms with Crippen molar-refractivity contribution in [1.82, 2.24) is 14.7 Å². The summed E-state index contributed by atoms with van der Waals surface area (Å²) in [5.41, 5.74) is 0. The molecule has 1 aromatic carbocycles. The zero-order valence-electron chi connectivity index (χ0n) is 14.9. The minimum absolute atomic E-state index is 0. The molecule has 0 aromatic heterocycles. The lowest BCUT2D eigenvalue weighted by molar-refractivity contribution is 0.0375. The lowest BCUT2D eigenvalue weighted by atomic mass is 10.3. The van der Waals surface area contributed by atoms with Crippen molar-refractivity contribution >= 4 is 18.4 Å². The Balaban J connectivity index is 0.00000243. The quantitative estimate of drug-likeness (QED) is 0.726. The molecule has 26 heavy (non-hydrogen) atoms. The number of carbonyl (C=O) groups is 1. The highest BCUT2D eigenvalue weighted by atomic mass is 35.5. The Bertz CT molecular complexity index is 547. The van der Waals surface area contributed by atoms with Crippen LogP contribution in [0.4, 0.5) is 9.18 Å². The van der Waals surface area contributed by atoms with E-state index in [1.165, 1.54) is 12.1 Å². The summed E-state index contributed by atoms with van der Waals surface area (Å²) < 4.78 is 23.7. The van der Waals surface area contributed by atoms with Crippen molar-refractivity contribution in [2.75, 3.05) is 65.6 Å². The molecule has 0 aliphatic carbocycles. The molecule has 2 fully saturated rings. The number of rotatable bonds is 5. The van der Waals surface area contributed by atoms with Crippen molar-refractivity contribution in [2.45, 2.75) is 6.42 Å². The van der Waals surface area contributed by atoms with E-state index >= 15 is 0 Å². The Morgan fingerprint density at radius 2 is 1.62 bits per heavy atom. The summed E-state index contributed by atoms with van der Waals surface area (Å²) in [5, 5.41) is 0. The van der Waals surface area contributed by atoms with Gasteiger partial charge in [-0.05, 0) is 30.7 Å². The highest BCUT2D eigenvalue weighted by molar-refractivity contribution is 5.85. The Labute approximate surface area is 160 Å². The first-order valence-corrected chi connectivity index (χ1v) is 8.95. The number of urea groups is 1. The number of ether oxygens (including phenoxy) is 2. The van der Waals surface area contributed by atoms with Gasteiger partial charge in [0.2, 0.25) is 0 Å². The molecule has 2 heterocycles. The molecule has 0 atom stereocenters. The molecule has 0 bridgehead atoms. The Kier molecular flexibility index (Phi) is 8.41. The lowest BCUT2D eigenvalue weighted by Gasteiger charge is -2.38. The number of nitrogens with zero attached hydrogens (tertiary/aromatic N) is 3. The van der Waals surface area contributed by atoms with Crippen molar-refractivity contribution in [2.24, 2.45) is 0 Å². The van der Waals surface area contributed by atoms with Crippen LogP contribution in [0.5, 0.6) is 5.75 Å². The number of piperazine rings is 1. The van der Waals surface area contributed by atoms with Crippen LogP contribution < -0.4 is 4.74 Å². The van der Waals surface area contributed by atoms with E-state index in [1.54, 1.807) is 12.1 Å². The SMILES string of the molecule is Cl.O=C(N1CCOCC1)N1CCN(CCCOc2ccc(F)cc2)CC1. The smallest absolute Gasteiger partial charge is 0.320 e. The number of benzene rings is 1. The Morgan fingerprint density at radius 3 is 2.27 bits per heavy atom. The second kappa shape index (κ2) is 10.5. The maximum atomic E-state index is 12.8. The van der Waals surface area contributed by atoms with Gasteiger partial charge in [-0.15, -0.1) is 12.4 Å². The molecule has 8 heteroatoms. The maximum Gasteiger partial charge on any atom is 0.320 e. The molecule has 0 N–H and O–H groups in total. The van der Waals surface area contributed by atoms with Crippen LogP contribution in [0, 0.1) is 5.82 Å². The zero-order valence-corrected chi connectivity index (χ0v) is 15.8. The predicted octanol–water partition coefficient (Wildman–Crippen LogP) is 2.09. The molecule has 2 amide bonds. The lowest BCUT2D eigenvalue weighted by Crippen LogP contribution is -2.54. The van der Waals surface area contributed by atoms with Crippen LogP contribution in [0.25, 0.3) is 0 Å². The predicted molar refractivity (Wildman–Crippen MR) is 99.6 cm³/mol. The molecule has 2 saturated heterocycles. The van der Waals surface area contributed by atoms with Crippen LogP contribution in [0.1, 0.15) is 6.42 Å². The molecule has 3 rings (SSSR count). The normalized spacial score (nSPS) is 18.3. The minimum atomic E-state index is -0.253. The zero-order chi connectivity index (χ0) is 17.5. The van der Waals surface area contributed by atoms with Crippen molar-refractivity contribution in [1.29, 1.82) is 0 Å². The van der Waals surface area contributed by atoms with E-state index in [2.05, 4.69) is 4.90 Å². The average molecular weight is 388 g/mol. The highest BCUT2D eigenvalue weighted by Gasteiger charge is 2.26. The van der Waals surface area contributed by atoms with Gasteiger partial charge < -0.3 is 19.3 Å². The van der Waals surface area contributed by atoms with Gasteiger partial charge in [-0.1, -0.05) is 0 Å². The van der Waals surface area contributed by atoms with Gasteiger partial charge in [-0.25, -0.2) is 9.18 Å². The second-order valence-corrected chi connectivity index (χ2v) is 6.37. The van der Waals surface area contributed by atoms with Gasteiger partial charge in [-0.2, -0.15) is 0 Å². The van der Waals surface area contributed by atoms with E-state index in [4.69, 9.17) is 9.47 Å². The van der Waals surface area contributed by atoms with E-state index in [-0.39, 0.29) is 24.3 Å². The Morgan fingerprint density at radius 1 is 1.00 bits per heavy atom. The monoisotopic (exact) mass is 387 g/mol. The van der Waals surface area contributed by atoms with Crippen LogP contribution in [-0.4, -0.2) is 86.4 Å². The number of halogens is 2. The highest BCUT2D eigenvalue weighted by Crippen LogP contribution is 2.12. The number of morpholine rings is 1. The van der Waals surface area contributed by atoms with Crippen LogP contribution >= 0.6 is 12.4 Å². The standard InChI is InChI=1S/C18H26FN3O3.ClH/c19-16-2-4-17(5-3-16)25-13-1-6-20-7-9-21(10-8-20)18(23)22-11-14-24-15-12-22;/h2-5H,1,6-15H2;1H.